The second-order valence-electron chi connectivity index (χ2n) is 6.68. The minimum Gasteiger partial charge on any atom is -0.445 e. The fourth-order valence-corrected chi connectivity index (χ4v) is 3.82. The van der Waals surface area contributed by atoms with E-state index in [1.165, 1.54) is 29.2 Å². The molecule has 1 aliphatic rings. The number of rotatable bonds is 7. The summed E-state index contributed by atoms with van der Waals surface area (Å²) in [6, 6.07) is 5.32. The zero-order chi connectivity index (χ0) is 21.0. The maximum Gasteiger partial charge on any atom is 0.410 e. The maximum absolute atomic E-state index is 12.6. The number of non-ortho nitro benzene ring substituents is 1. The highest BCUT2D eigenvalue weighted by Gasteiger charge is 2.38. The van der Waals surface area contributed by atoms with Crippen molar-refractivity contribution in [3.63, 3.8) is 0 Å². The molecule has 12 heteroatoms. The number of aromatic amines is 1. The lowest BCUT2D eigenvalue weighted by Gasteiger charge is -2.23. The molecule has 29 heavy (non-hydrogen) atoms. The highest BCUT2D eigenvalue weighted by molar-refractivity contribution is 7.86. The first-order chi connectivity index (χ1) is 13.7. The first-order valence-electron chi connectivity index (χ1n) is 8.74. The van der Waals surface area contributed by atoms with E-state index in [-0.39, 0.29) is 24.9 Å². The Kier molecular flexibility index (Phi) is 6.13. The van der Waals surface area contributed by atoms with Gasteiger partial charge in [0.25, 0.3) is 15.8 Å². The van der Waals surface area contributed by atoms with Gasteiger partial charge >= 0.3 is 6.09 Å². The zero-order valence-electron chi connectivity index (χ0n) is 15.6. The fraction of sp³-hybridized carbons (Fsp3) is 0.412. The molecule has 1 aromatic carbocycles. The van der Waals surface area contributed by atoms with Crippen molar-refractivity contribution in [3.05, 3.63) is 58.2 Å². The van der Waals surface area contributed by atoms with Gasteiger partial charge in [0, 0.05) is 37.0 Å². The molecule has 156 valence electrons. The molecule has 11 nitrogen and oxygen atoms in total. The summed E-state index contributed by atoms with van der Waals surface area (Å²) in [5.41, 5.74) is 0.536. The number of ether oxygens (including phenoxy) is 1. The second kappa shape index (κ2) is 8.57. The van der Waals surface area contributed by atoms with Gasteiger partial charge in [-0.3, -0.25) is 14.3 Å². The van der Waals surface area contributed by atoms with Crippen molar-refractivity contribution in [2.45, 2.75) is 31.6 Å². The molecular formula is C17H20N4O7S. The second-order valence-corrected chi connectivity index (χ2v) is 8.28. The molecule has 0 unspecified atom stereocenters. The number of nitro benzene ring substituents is 1. The van der Waals surface area contributed by atoms with Gasteiger partial charge in [-0.05, 0) is 24.1 Å². The molecule has 1 fully saturated rings. The Morgan fingerprint density at radius 1 is 1.38 bits per heavy atom. The quantitative estimate of drug-likeness (QED) is 0.401. The van der Waals surface area contributed by atoms with Crippen LogP contribution < -0.4 is 0 Å². The van der Waals surface area contributed by atoms with Gasteiger partial charge in [-0.15, -0.1) is 0 Å². The number of nitrogens with one attached hydrogen (secondary N) is 1. The predicted octanol–water partition coefficient (Wildman–Crippen LogP) is 1.62. The molecular weight excluding hydrogens is 404 g/mol. The van der Waals surface area contributed by atoms with E-state index in [2.05, 4.69) is 9.97 Å². The number of imidazole rings is 1. The average molecular weight is 424 g/mol. The van der Waals surface area contributed by atoms with Crippen LogP contribution in [0, 0.1) is 10.1 Å². The third-order valence-electron chi connectivity index (χ3n) is 4.41. The Morgan fingerprint density at radius 3 is 2.69 bits per heavy atom. The minimum absolute atomic E-state index is 0.0566. The Bertz CT molecular complexity index is 960. The maximum atomic E-state index is 12.6. The molecule has 2 atom stereocenters. The Balaban J connectivity index is 1.65. The van der Waals surface area contributed by atoms with Crippen LogP contribution in [0.1, 0.15) is 17.8 Å². The van der Waals surface area contributed by atoms with Gasteiger partial charge in [0.15, 0.2) is 0 Å². The predicted molar refractivity (Wildman–Crippen MR) is 100 cm³/mol. The van der Waals surface area contributed by atoms with Crippen LogP contribution in [0.3, 0.4) is 0 Å². The number of nitrogens with zero attached hydrogens (tertiary/aromatic N) is 3. The summed E-state index contributed by atoms with van der Waals surface area (Å²) in [6.45, 7) is -0.00403. The monoisotopic (exact) mass is 424 g/mol. The molecule has 0 saturated carbocycles. The Labute approximate surface area is 166 Å². The summed E-state index contributed by atoms with van der Waals surface area (Å²) in [5.74, 6) is 0.656. The summed E-state index contributed by atoms with van der Waals surface area (Å²) >= 11 is 0. The van der Waals surface area contributed by atoms with E-state index in [0.29, 0.717) is 24.2 Å². The van der Waals surface area contributed by atoms with Crippen molar-refractivity contribution >= 4 is 21.9 Å². The molecule has 3 rings (SSSR count). The molecule has 1 saturated heterocycles. The summed E-state index contributed by atoms with van der Waals surface area (Å²) < 4.78 is 33.3. The van der Waals surface area contributed by atoms with Crippen molar-refractivity contribution in [1.29, 1.82) is 0 Å². The summed E-state index contributed by atoms with van der Waals surface area (Å²) in [4.78, 5) is 31.3. The van der Waals surface area contributed by atoms with E-state index in [4.69, 9.17) is 8.92 Å². The van der Waals surface area contributed by atoms with E-state index in [1.54, 1.807) is 12.4 Å². The number of carbonyl (C=O) groups excluding carboxylic acids is 1. The molecule has 0 bridgehead atoms. The van der Waals surface area contributed by atoms with Gasteiger partial charge in [0.05, 0.1) is 23.8 Å². The third kappa shape index (κ3) is 5.74. The van der Waals surface area contributed by atoms with E-state index < -0.39 is 27.2 Å². The number of aromatic nitrogens is 2. The molecule has 0 radical (unpaired) electrons. The number of carbonyl (C=O) groups is 1. The van der Waals surface area contributed by atoms with Crippen molar-refractivity contribution < 1.29 is 27.1 Å². The van der Waals surface area contributed by atoms with Crippen molar-refractivity contribution in [1.82, 2.24) is 14.9 Å². The molecule has 0 aliphatic carbocycles. The molecule has 1 amide bonds. The molecule has 1 N–H and O–H groups in total. The van der Waals surface area contributed by atoms with Crippen LogP contribution in [0.5, 0.6) is 0 Å². The van der Waals surface area contributed by atoms with Gasteiger partial charge < -0.3 is 14.6 Å². The van der Waals surface area contributed by atoms with Crippen LogP contribution in [-0.4, -0.2) is 59.2 Å². The molecule has 2 heterocycles. The molecule has 2 aromatic rings. The smallest absolute Gasteiger partial charge is 0.410 e. The molecule has 0 spiro atoms. The first-order valence-corrected chi connectivity index (χ1v) is 10.6. The third-order valence-corrected chi connectivity index (χ3v) is 5.04. The van der Waals surface area contributed by atoms with Gasteiger partial charge in [-0.2, -0.15) is 8.42 Å². The topological polar surface area (TPSA) is 145 Å². The average Bonchev–Trinajstić information content (AvgIpc) is 3.29. The summed E-state index contributed by atoms with van der Waals surface area (Å²) in [6.07, 6.45) is 3.63. The first kappa shape index (κ1) is 20.7. The van der Waals surface area contributed by atoms with Crippen molar-refractivity contribution in [2.24, 2.45) is 0 Å². The van der Waals surface area contributed by atoms with Gasteiger partial charge in [0.1, 0.15) is 12.4 Å². The lowest BCUT2D eigenvalue weighted by molar-refractivity contribution is -0.384. The van der Waals surface area contributed by atoms with Gasteiger partial charge in [-0.1, -0.05) is 0 Å². The minimum atomic E-state index is -3.67. The Hall–Kier alpha value is -2.99. The Morgan fingerprint density at radius 2 is 2.10 bits per heavy atom. The van der Waals surface area contributed by atoms with Crippen LogP contribution in [0.2, 0.25) is 0 Å². The largest absolute Gasteiger partial charge is 0.445 e. The lowest BCUT2D eigenvalue weighted by atomic mass is 10.1. The normalized spacial score (nSPS) is 19.3. The number of hydrogen-bond acceptors (Lipinski definition) is 8. The number of amides is 1. The summed E-state index contributed by atoms with van der Waals surface area (Å²) in [5, 5.41) is 10.7. The van der Waals surface area contributed by atoms with Crippen LogP contribution in [0.4, 0.5) is 10.5 Å². The number of hydrogen-bond donors (Lipinski definition) is 1. The van der Waals surface area contributed by atoms with Crippen LogP contribution in [-0.2, 0) is 32.1 Å². The number of benzene rings is 1. The lowest BCUT2D eigenvalue weighted by Crippen LogP contribution is -2.38. The van der Waals surface area contributed by atoms with Crippen LogP contribution in [0.15, 0.2) is 36.7 Å². The van der Waals surface area contributed by atoms with Crippen LogP contribution >= 0.6 is 0 Å². The number of likely N-dealkylation sites (tertiary alicyclic amines) is 1. The zero-order valence-corrected chi connectivity index (χ0v) is 16.4. The van der Waals surface area contributed by atoms with Gasteiger partial charge in [0.2, 0.25) is 0 Å². The van der Waals surface area contributed by atoms with Crippen LogP contribution in [0.25, 0.3) is 0 Å². The number of nitro groups is 1. The van der Waals surface area contributed by atoms with Crippen molar-refractivity contribution in [3.8, 4) is 0 Å². The SMILES string of the molecule is CS(=O)(=O)O[C@@H]1C[C@H](Cc2ncc[nH]2)N(C(=O)OCc2ccc([N+](=O)[O-])cc2)C1. The highest BCUT2D eigenvalue weighted by Crippen LogP contribution is 2.25. The fourth-order valence-electron chi connectivity index (χ4n) is 3.18. The van der Waals surface area contributed by atoms with Crippen molar-refractivity contribution in [2.75, 3.05) is 12.8 Å². The highest BCUT2D eigenvalue weighted by atomic mass is 32.2. The standard InChI is InChI=1S/C17H20N4O7S/c1-29(25,26)28-15-8-14(9-16-18-6-7-19-16)20(10-15)17(22)27-11-12-2-4-13(5-3-12)21(23)24/h2-7,14-15H,8-11H2,1H3,(H,18,19)/t14-,15-/m1/s1. The molecule has 1 aliphatic heterocycles. The van der Waals surface area contributed by atoms with E-state index >= 15 is 0 Å². The van der Waals surface area contributed by atoms with E-state index in [1.807, 2.05) is 0 Å². The van der Waals surface area contributed by atoms with E-state index in [9.17, 15) is 23.3 Å². The number of H-pyrrole nitrogens is 1. The molecule has 1 aromatic heterocycles. The van der Waals surface area contributed by atoms with E-state index in [0.717, 1.165) is 6.26 Å². The summed E-state index contributed by atoms with van der Waals surface area (Å²) in [7, 11) is -3.67. The van der Waals surface area contributed by atoms with Gasteiger partial charge in [-0.25, -0.2) is 9.78 Å².